The Kier molecular flexibility index (Phi) is 5.56. The number of benzene rings is 3. The fourth-order valence-electron chi connectivity index (χ4n) is 4.96. The summed E-state index contributed by atoms with van der Waals surface area (Å²) in [5.41, 5.74) is 1.86. The highest BCUT2D eigenvalue weighted by Gasteiger charge is 2.38. The third-order valence-electron chi connectivity index (χ3n) is 6.71. The minimum absolute atomic E-state index is 0.0790. The Labute approximate surface area is 188 Å². The highest BCUT2D eigenvalue weighted by atomic mass is 16.5. The van der Waals surface area contributed by atoms with Gasteiger partial charge >= 0.3 is 0 Å². The molecule has 164 valence electrons. The van der Waals surface area contributed by atoms with E-state index in [2.05, 4.69) is 35.6 Å². The number of hydrogen-bond donors (Lipinski definition) is 1. The van der Waals surface area contributed by atoms with Gasteiger partial charge in [-0.1, -0.05) is 60.7 Å². The van der Waals surface area contributed by atoms with Crippen molar-refractivity contribution in [3.05, 3.63) is 77.9 Å². The molecule has 5 heteroatoms. The molecule has 1 atom stereocenters. The molecular formula is C27H28N2O3. The molecule has 0 saturated carbocycles. The zero-order valence-corrected chi connectivity index (χ0v) is 18.2. The second kappa shape index (κ2) is 8.65. The first-order valence-corrected chi connectivity index (χ1v) is 11.4. The lowest BCUT2D eigenvalue weighted by Gasteiger charge is -2.30. The Hall–Kier alpha value is -3.34. The molecule has 3 aromatic rings. The van der Waals surface area contributed by atoms with Crippen molar-refractivity contribution in [1.82, 2.24) is 10.2 Å². The first-order valence-electron chi connectivity index (χ1n) is 11.4. The summed E-state index contributed by atoms with van der Waals surface area (Å²) >= 11 is 0. The van der Waals surface area contributed by atoms with Crippen LogP contribution in [0.15, 0.2) is 66.7 Å². The SMILES string of the molecule is O=C1CCC(CCC(=O)N2CCOc3ccccc3C2)(Cc2ccc3ccccc3c2)N1. The molecule has 0 aromatic heterocycles. The number of carbonyl (C=O) groups excluding carboxylic acids is 2. The molecule has 5 rings (SSSR count). The Morgan fingerprint density at radius 2 is 1.84 bits per heavy atom. The Balaban J connectivity index is 1.29. The molecule has 1 unspecified atom stereocenters. The maximum Gasteiger partial charge on any atom is 0.223 e. The van der Waals surface area contributed by atoms with Crippen molar-refractivity contribution in [1.29, 1.82) is 0 Å². The molecule has 2 heterocycles. The molecular weight excluding hydrogens is 400 g/mol. The van der Waals surface area contributed by atoms with E-state index in [4.69, 9.17) is 4.74 Å². The van der Waals surface area contributed by atoms with Gasteiger partial charge in [0.25, 0.3) is 0 Å². The van der Waals surface area contributed by atoms with Crippen molar-refractivity contribution < 1.29 is 14.3 Å². The zero-order valence-electron chi connectivity index (χ0n) is 18.2. The van der Waals surface area contributed by atoms with Crippen LogP contribution in [0.25, 0.3) is 10.8 Å². The minimum Gasteiger partial charge on any atom is -0.491 e. The first kappa shape index (κ1) is 20.6. The number of para-hydroxylation sites is 1. The summed E-state index contributed by atoms with van der Waals surface area (Å²) in [7, 11) is 0. The lowest BCUT2D eigenvalue weighted by atomic mass is 9.84. The monoisotopic (exact) mass is 428 g/mol. The summed E-state index contributed by atoms with van der Waals surface area (Å²) in [5, 5.41) is 5.62. The molecule has 5 nitrogen and oxygen atoms in total. The number of nitrogens with one attached hydrogen (secondary N) is 1. The lowest BCUT2D eigenvalue weighted by molar-refractivity contribution is -0.132. The summed E-state index contributed by atoms with van der Waals surface area (Å²) in [6.45, 7) is 1.65. The van der Waals surface area contributed by atoms with Gasteiger partial charge in [-0.25, -0.2) is 0 Å². The number of fused-ring (bicyclic) bond motifs is 2. The summed E-state index contributed by atoms with van der Waals surface area (Å²) < 4.78 is 5.80. The fraction of sp³-hybridized carbons (Fsp3) is 0.333. The maximum absolute atomic E-state index is 13.1. The smallest absolute Gasteiger partial charge is 0.223 e. The van der Waals surface area contributed by atoms with E-state index in [-0.39, 0.29) is 17.4 Å². The molecule has 2 aliphatic heterocycles. The van der Waals surface area contributed by atoms with E-state index in [1.54, 1.807) is 0 Å². The molecule has 0 bridgehead atoms. The largest absolute Gasteiger partial charge is 0.491 e. The molecule has 2 aliphatic rings. The van der Waals surface area contributed by atoms with Crippen molar-refractivity contribution >= 4 is 22.6 Å². The number of carbonyl (C=O) groups is 2. The average Bonchev–Trinajstić information content (AvgIpc) is 3.04. The molecule has 1 fully saturated rings. The van der Waals surface area contributed by atoms with E-state index in [0.29, 0.717) is 39.0 Å². The van der Waals surface area contributed by atoms with Crippen molar-refractivity contribution in [3.8, 4) is 5.75 Å². The van der Waals surface area contributed by atoms with E-state index in [0.717, 1.165) is 24.2 Å². The standard InChI is InChI=1S/C27H28N2O3/c30-25-11-13-27(28-25,18-20-9-10-21-5-1-2-6-22(21)17-20)14-12-26(31)29-15-16-32-24-8-4-3-7-23(24)19-29/h1-10,17H,11-16,18-19H2,(H,28,30). The number of amides is 2. The predicted octanol–water partition coefficient (Wildman–Crippen LogP) is 4.23. The van der Waals surface area contributed by atoms with Crippen LogP contribution in [0.5, 0.6) is 5.75 Å². The van der Waals surface area contributed by atoms with E-state index in [1.807, 2.05) is 41.3 Å². The van der Waals surface area contributed by atoms with Gasteiger partial charge < -0.3 is 15.0 Å². The third-order valence-corrected chi connectivity index (χ3v) is 6.71. The molecule has 2 amide bonds. The Morgan fingerprint density at radius 3 is 2.69 bits per heavy atom. The average molecular weight is 429 g/mol. The third kappa shape index (κ3) is 4.33. The van der Waals surface area contributed by atoms with Crippen LogP contribution in [0.1, 0.15) is 36.8 Å². The predicted molar refractivity (Wildman–Crippen MR) is 124 cm³/mol. The van der Waals surface area contributed by atoms with Gasteiger partial charge in [-0.15, -0.1) is 0 Å². The van der Waals surface area contributed by atoms with Gasteiger partial charge in [-0.2, -0.15) is 0 Å². The molecule has 3 aromatic carbocycles. The van der Waals surface area contributed by atoms with E-state index in [1.165, 1.54) is 16.3 Å². The van der Waals surface area contributed by atoms with Gasteiger partial charge in [0.2, 0.25) is 11.8 Å². The van der Waals surface area contributed by atoms with Crippen molar-refractivity contribution in [2.75, 3.05) is 13.2 Å². The van der Waals surface area contributed by atoms with E-state index < -0.39 is 0 Å². The molecule has 0 radical (unpaired) electrons. The van der Waals surface area contributed by atoms with Crippen LogP contribution in [0.3, 0.4) is 0 Å². The molecule has 32 heavy (non-hydrogen) atoms. The lowest BCUT2D eigenvalue weighted by Crippen LogP contribution is -2.45. The minimum atomic E-state index is -0.366. The van der Waals surface area contributed by atoms with Gasteiger partial charge in [0.15, 0.2) is 0 Å². The van der Waals surface area contributed by atoms with Crippen LogP contribution in [0.2, 0.25) is 0 Å². The van der Waals surface area contributed by atoms with Crippen LogP contribution < -0.4 is 10.1 Å². The van der Waals surface area contributed by atoms with Gasteiger partial charge in [0.1, 0.15) is 12.4 Å². The number of hydrogen-bond acceptors (Lipinski definition) is 3. The van der Waals surface area contributed by atoms with Crippen LogP contribution >= 0.6 is 0 Å². The molecule has 1 N–H and O–H groups in total. The van der Waals surface area contributed by atoms with Crippen LogP contribution in [0.4, 0.5) is 0 Å². The number of ether oxygens (including phenoxy) is 1. The van der Waals surface area contributed by atoms with E-state index in [9.17, 15) is 9.59 Å². The summed E-state index contributed by atoms with van der Waals surface area (Å²) in [6.07, 6.45) is 3.08. The summed E-state index contributed by atoms with van der Waals surface area (Å²) in [4.78, 5) is 27.2. The molecule has 0 spiro atoms. The summed E-state index contributed by atoms with van der Waals surface area (Å²) in [5.74, 6) is 1.05. The fourth-order valence-corrected chi connectivity index (χ4v) is 4.96. The topological polar surface area (TPSA) is 58.6 Å². The highest BCUT2D eigenvalue weighted by molar-refractivity contribution is 5.83. The van der Waals surface area contributed by atoms with E-state index >= 15 is 0 Å². The van der Waals surface area contributed by atoms with Gasteiger partial charge in [-0.3, -0.25) is 9.59 Å². The normalized spacial score (nSPS) is 20.4. The molecule has 1 saturated heterocycles. The quantitative estimate of drug-likeness (QED) is 0.662. The van der Waals surface area contributed by atoms with Gasteiger partial charge in [0, 0.05) is 30.5 Å². The Morgan fingerprint density at radius 1 is 1.03 bits per heavy atom. The summed E-state index contributed by atoms with van der Waals surface area (Å²) in [6, 6.07) is 22.7. The highest BCUT2D eigenvalue weighted by Crippen LogP contribution is 2.31. The van der Waals surface area contributed by atoms with Crippen molar-refractivity contribution in [2.24, 2.45) is 0 Å². The number of rotatable bonds is 5. The van der Waals surface area contributed by atoms with Gasteiger partial charge in [0.05, 0.1) is 6.54 Å². The zero-order chi connectivity index (χ0) is 22.0. The second-order valence-corrected chi connectivity index (χ2v) is 8.96. The van der Waals surface area contributed by atoms with Crippen molar-refractivity contribution in [2.45, 2.75) is 44.2 Å². The van der Waals surface area contributed by atoms with Crippen LogP contribution in [0, 0.1) is 0 Å². The molecule has 0 aliphatic carbocycles. The van der Waals surface area contributed by atoms with Crippen LogP contribution in [-0.2, 0) is 22.6 Å². The number of nitrogens with zero attached hydrogens (tertiary/aromatic N) is 1. The van der Waals surface area contributed by atoms with Crippen LogP contribution in [-0.4, -0.2) is 35.4 Å². The maximum atomic E-state index is 13.1. The second-order valence-electron chi connectivity index (χ2n) is 8.96. The Bertz CT molecular complexity index is 1160. The first-order chi connectivity index (χ1) is 15.6. The van der Waals surface area contributed by atoms with Gasteiger partial charge in [-0.05, 0) is 41.7 Å². The van der Waals surface area contributed by atoms with Crippen molar-refractivity contribution in [3.63, 3.8) is 0 Å².